The average molecular weight is 134 g/mol. The van der Waals surface area contributed by atoms with Crippen LogP contribution < -0.4 is 0 Å². The molecule has 0 aliphatic rings. The van der Waals surface area contributed by atoms with Crippen molar-refractivity contribution in [2.75, 3.05) is 0 Å². The van der Waals surface area contributed by atoms with Crippen LogP contribution in [-0.4, -0.2) is 16.9 Å². The molecule has 44 valence electrons. The van der Waals surface area contributed by atoms with Crippen molar-refractivity contribution in [1.82, 2.24) is 0 Å². The molecule has 3 heteroatoms. The number of halogens is 1. The van der Waals surface area contributed by atoms with Gasteiger partial charge in [-0.25, -0.2) is 4.79 Å². The molecular weight excluding hydrogens is 128 g/mol. The van der Waals surface area contributed by atoms with Crippen molar-refractivity contribution in [1.29, 1.82) is 0 Å². The molecule has 0 heterocycles. The fourth-order valence-electron chi connectivity index (χ4n) is 0.227. The van der Waals surface area contributed by atoms with E-state index in [2.05, 4.69) is 6.92 Å². The average Bonchev–Trinajstić information content (AvgIpc) is 1.64. The summed E-state index contributed by atoms with van der Waals surface area (Å²) in [6, 6.07) is 0. The van der Waals surface area contributed by atoms with Crippen LogP contribution in [0.5, 0.6) is 0 Å². The van der Waals surface area contributed by atoms with Crippen LogP contribution >= 0.6 is 11.6 Å². The van der Waals surface area contributed by atoms with E-state index < -0.39 is 11.2 Å². The molecule has 0 saturated heterocycles. The molecule has 8 heavy (non-hydrogen) atoms. The van der Waals surface area contributed by atoms with Gasteiger partial charge in [0.2, 0.25) is 0 Å². The van der Waals surface area contributed by atoms with Gasteiger partial charge in [-0.3, -0.25) is 4.79 Å². The third-order valence-electron chi connectivity index (χ3n) is 0.640. The maximum Gasteiger partial charge on any atom is 0.328 e. The first-order chi connectivity index (χ1) is 3.55. The number of alkyl halides is 1. The molecule has 0 spiro atoms. The largest absolute Gasteiger partial charge is 0.328 e. The third-order valence-corrected chi connectivity index (χ3v) is 1.19. The number of hydrogen-bond acceptors (Lipinski definition) is 2. The van der Waals surface area contributed by atoms with Crippen LogP contribution in [0, 0.1) is 6.92 Å². The minimum Gasteiger partial charge on any atom is -0.298 e. The van der Waals surface area contributed by atoms with Gasteiger partial charge in [-0.2, -0.15) is 0 Å². The molecule has 0 aliphatic carbocycles. The van der Waals surface area contributed by atoms with E-state index in [1.165, 1.54) is 6.92 Å². The Bertz CT molecular complexity index is 106. The van der Waals surface area contributed by atoms with Crippen molar-refractivity contribution >= 4 is 23.2 Å². The van der Waals surface area contributed by atoms with E-state index in [9.17, 15) is 9.59 Å². The smallest absolute Gasteiger partial charge is 0.298 e. The maximum absolute atomic E-state index is 10.2. The second-order valence-electron chi connectivity index (χ2n) is 1.44. The Morgan fingerprint density at radius 1 is 1.62 bits per heavy atom. The highest BCUT2D eigenvalue weighted by Crippen LogP contribution is 1.96. The molecule has 1 atom stereocenters. The van der Waals surface area contributed by atoms with E-state index in [0.29, 0.717) is 0 Å². The predicted octanol–water partition coefficient (Wildman–Crippen LogP) is 0.586. The maximum atomic E-state index is 10.2. The number of carbonyl (C=O) groups excluding carboxylic acids is 2. The second-order valence-corrected chi connectivity index (χ2v) is 1.88. The Labute approximate surface area is 52.8 Å². The normalized spacial score (nSPS) is 12.8. The fraction of sp³-hybridized carbons (Fsp3) is 0.400. The molecule has 0 aromatic rings. The number of Topliss-reactive ketones (excluding diaryl/α,β-unsaturated/α-hetero) is 2. The predicted molar refractivity (Wildman–Crippen MR) is 30.7 cm³/mol. The highest BCUT2D eigenvalue weighted by Gasteiger charge is 2.20. The van der Waals surface area contributed by atoms with Gasteiger partial charge in [-0.15, -0.1) is 11.6 Å². The molecule has 0 N–H and O–H groups in total. The lowest BCUT2D eigenvalue weighted by atomic mass is 10.2. The number of hydrogen-bond donors (Lipinski definition) is 0. The molecule has 0 aliphatic heterocycles. The Balaban J connectivity index is 3.83. The summed E-state index contributed by atoms with van der Waals surface area (Å²) < 4.78 is 0. The minimum absolute atomic E-state index is 0.355. The lowest BCUT2D eigenvalue weighted by Crippen LogP contribution is -2.18. The summed E-state index contributed by atoms with van der Waals surface area (Å²) in [6.07, 6.45) is 0. The van der Waals surface area contributed by atoms with Crippen LogP contribution in [0.3, 0.4) is 0 Å². The molecule has 0 aromatic carbocycles. The van der Waals surface area contributed by atoms with E-state index in [0.717, 1.165) is 0 Å². The summed E-state index contributed by atoms with van der Waals surface area (Å²) >= 11 is 5.19. The van der Waals surface area contributed by atoms with Crippen LogP contribution in [0.15, 0.2) is 0 Å². The van der Waals surface area contributed by atoms with Gasteiger partial charge >= 0.3 is 5.78 Å². The van der Waals surface area contributed by atoms with Crippen LogP contribution in [-0.2, 0) is 9.59 Å². The quantitative estimate of drug-likeness (QED) is 0.314. The monoisotopic (exact) mass is 133 g/mol. The standard InChI is InChI=1S/C5H6ClO2/c1-3(7)5(6)4(2)8/h5H,1H2,2H3/q+1. The minimum atomic E-state index is -1.05. The van der Waals surface area contributed by atoms with Gasteiger partial charge in [-0.05, 0) is 6.92 Å². The summed E-state index contributed by atoms with van der Waals surface area (Å²) in [6.45, 7) is 4.22. The van der Waals surface area contributed by atoms with E-state index in [4.69, 9.17) is 11.6 Å². The molecular formula is C5H6ClO2+. The summed E-state index contributed by atoms with van der Waals surface area (Å²) in [5, 5.41) is -1.05. The van der Waals surface area contributed by atoms with Crippen LogP contribution in [0.1, 0.15) is 6.92 Å². The van der Waals surface area contributed by atoms with Crippen molar-refractivity contribution < 1.29 is 9.59 Å². The first kappa shape index (κ1) is 7.50. The molecule has 0 rings (SSSR count). The Morgan fingerprint density at radius 3 is 2.00 bits per heavy atom. The van der Waals surface area contributed by atoms with Crippen molar-refractivity contribution in [2.45, 2.75) is 12.3 Å². The zero-order valence-corrected chi connectivity index (χ0v) is 5.23. The molecule has 0 saturated carbocycles. The number of rotatable bonds is 2. The molecule has 1 unspecified atom stereocenters. The van der Waals surface area contributed by atoms with E-state index in [1.807, 2.05) is 0 Å². The molecule has 2 nitrogen and oxygen atoms in total. The lowest BCUT2D eigenvalue weighted by molar-refractivity contribution is -0.123. The highest BCUT2D eigenvalue weighted by atomic mass is 35.5. The molecule has 0 bridgehead atoms. The SMILES string of the molecule is [CH2+]C(=O)C(Cl)C(C)=O. The van der Waals surface area contributed by atoms with E-state index in [1.54, 1.807) is 0 Å². The molecule has 0 radical (unpaired) electrons. The summed E-state index contributed by atoms with van der Waals surface area (Å²) in [5.74, 6) is -0.897. The van der Waals surface area contributed by atoms with E-state index in [-0.39, 0.29) is 5.78 Å². The Hall–Kier alpha value is -0.500. The Kier molecular flexibility index (Phi) is 2.55. The van der Waals surface area contributed by atoms with Gasteiger partial charge < -0.3 is 0 Å². The summed E-state index contributed by atoms with van der Waals surface area (Å²) in [4.78, 5) is 20.3. The van der Waals surface area contributed by atoms with Crippen LogP contribution in [0.4, 0.5) is 0 Å². The van der Waals surface area contributed by atoms with Gasteiger partial charge in [0.05, 0.1) is 0 Å². The third kappa shape index (κ3) is 1.98. The molecule has 0 aromatic heterocycles. The van der Waals surface area contributed by atoms with Gasteiger partial charge in [0, 0.05) is 0 Å². The molecule has 0 amide bonds. The lowest BCUT2D eigenvalue weighted by Gasteiger charge is -1.89. The Morgan fingerprint density at radius 2 is 2.00 bits per heavy atom. The topological polar surface area (TPSA) is 34.1 Å². The van der Waals surface area contributed by atoms with Crippen molar-refractivity contribution in [3.63, 3.8) is 0 Å². The zero-order chi connectivity index (χ0) is 6.73. The fourth-order valence-corrected chi connectivity index (χ4v) is 0.227. The van der Waals surface area contributed by atoms with Crippen LogP contribution in [0.2, 0.25) is 0 Å². The van der Waals surface area contributed by atoms with Crippen molar-refractivity contribution in [2.24, 2.45) is 0 Å². The van der Waals surface area contributed by atoms with Gasteiger partial charge in [0.15, 0.2) is 11.2 Å². The summed E-state index contributed by atoms with van der Waals surface area (Å²) in [7, 11) is 0. The number of carbonyl (C=O) groups is 2. The first-order valence-electron chi connectivity index (χ1n) is 2.06. The van der Waals surface area contributed by atoms with Crippen LogP contribution in [0.25, 0.3) is 0 Å². The first-order valence-corrected chi connectivity index (χ1v) is 2.49. The van der Waals surface area contributed by atoms with Gasteiger partial charge in [0.1, 0.15) is 6.92 Å². The zero-order valence-electron chi connectivity index (χ0n) is 4.48. The van der Waals surface area contributed by atoms with Crippen molar-refractivity contribution in [3.05, 3.63) is 6.92 Å². The second kappa shape index (κ2) is 2.72. The summed E-state index contributed by atoms with van der Waals surface area (Å²) in [5.41, 5.74) is 0. The van der Waals surface area contributed by atoms with Gasteiger partial charge in [0.25, 0.3) is 0 Å². The highest BCUT2D eigenvalue weighted by molar-refractivity contribution is 6.42. The van der Waals surface area contributed by atoms with Gasteiger partial charge in [-0.1, -0.05) is 0 Å². The van der Waals surface area contributed by atoms with Crippen molar-refractivity contribution in [3.8, 4) is 0 Å². The number of ketones is 2. The van der Waals surface area contributed by atoms with E-state index >= 15 is 0 Å². The molecule has 0 fully saturated rings.